The van der Waals surface area contributed by atoms with Crippen LogP contribution < -0.4 is 10.6 Å². The van der Waals surface area contributed by atoms with Crippen LogP contribution in [0.5, 0.6) is 0 Å². The molecule has 0 spiro atoms. The van der Waals surface area contributed by atoms with E-state index in [-0.39, 0.29) is 0 Å². The molecule has 2 unspecified atom stereocenters. The van der Waals surface area contributed by atoms with E-state index < -0.39 is 0 Å². The third-order valence-corrected chi connectivity index (χ3v) is 3.29. The summed E-state index contributed by atoms with van der Waals surface area (Å²) in [6.45, 7) is 8.44. The SMILES string of the molecule is CC.CC(C)c1cnc2c(c1)=CC1CC1C=2. The lowest BCUT2D eigenvalue weighted by molar-refractivity contribution is 0.851. The Kier molecular flexibility index (Phi) is 3.13. The molecule has 2 aliphatic carbocycles. The number of rotatable bonds is 1. The van der Waals surface area contributed by atoms with E-state index in [4.69, 9.17) is 0 Å². The van der Waals surface area contributed by atoms with E-state index in [1.807, 2.05) is 20.0 Å². The van der Waals surface area contributed by atoms with Crippen LogP contribution in [-0.2, 0) is 0 Å². The molecule has 1 aromatic rings. The quantitative estimate of drug-likeness (QED) is 0.701. The minimum atomic E-state index is 0.582. The summed E-state index contributed by atoms with van der Waals surface area (Å²) in [5.41, 5.74) is 1.35. The highest BCUT2D eigenvalue weighted by Gasteiger charge is 2.34. The van der Waals surface area contributed by atoms with Gasteiger partial charge in [0.1, 0.15) is 0 Å². The monoisotopic (exact) mass is 215 g/mol. The van der Waals surface area contributed by atoms with Crippen LogP contribution >= 0.6 is 0 Å². The predicted molar refractivity (Wildman–Crippen MR) is 69.5 cm³/mol. The maximum Gasteiger partial charge on any atom is 0.0662 e. The van der Waals surface area contributed by atoms with Gasteiger partial charge in [-0.2, -0.15) is 0 Å². The summed E-state index contributed by atoms with van der Waals surface area (Å²) in [7, 11) is 0. The zero-order valence-electron chi connectivity index (χ0n) is 10.7. The Morgan fingerprint density at radius 2 is 1.88 bits per heavy atom. The number of pyridine rings is 1. The summed E-state index contributed by atoms with van der Waals surface area (Å²) >= 11 is 0. The van der Waals surface area contributed by atoms with E-state index in [1.54, 1.807) is 0 Å². The summed E-state index contributed by atoms with van der Waals surface area (Å²) in [5, 5.41) is 2.56. The van der Waals surface area contributed by atoms with Gasteiger partial charge < -0.3 is 0 Å². The number of fused-ring (bicyclic) bond motifs is 2. The molecule has 2 aliphatic rings. The highest BCUT2D eigenvalue weighted by Crippen LogP contribution is 2.41. The van der Waals surface area contributed by atoms with Crippen molar-refractivity contribution in [2.24, 2.45) is 11.8 Å². The van der Waals surface area contributed by atoms with Crippen LogP contribution in [0.15, 0.2) is 12.3 Å². The predicted octanol–water partition coefficient (Wildman–Crippen LogP) is 2.44. The molecule has 0 aliphatic heterocycles. The van der Waals surface area contributed by atoms with E-state index in [0.29, 0.717) is 5.92 Å². The van der Waals surface area contributed by atoms with Crippen molar-refractivity contribution in [3.05, 3.63) is 28.4 Å². The van der Waals surface area contributed by atoms with Gasteiger partial charge in [0.05, 0.1) is 5.35 Å². The Morgan fingerprint density at radius 1 is 1.19 bits per heavy atom. The van der Waals surface area contributed by atoms with Crippen molar-refractivity contribution < 1.29 is 0 Å². The lowest BCUT2D eigenvalue weighted by atomic mass is 10.0. The smallest absolute Gasteiger partial charge is 0.0662 e. The third-order valence-electron chi connectivity index (χ3n) is 3.29. The van der Waals surface area contributed by atoms with E-state index in [0.717, 1.165) is 11.8 Å². The van der Waals surface area contributed by atoms with Crippen molar-refractivity contribution in [1.29, 1.82) is 0 Å². The van der Waals surface area contributed by atoms with Gasteiger partial charge in [-0.15, -0.1) is 0 Å². The maximum absolute atomic E-state index is 4.53. The van der Waals surface area contributed by atoms with Gasteiger partial charge in [0.15, 0.2) is 0 Å². The van der Waals surface area contributed by atoms with Gasteiger partial charge in [0.25, 0.3) is 0 Å². The van der Waals surface area contributed by atoms with Crippen LogP contribution in [0.25, 0.3) is 12.2 Å². The molecule has 2 atom stereocenters. The van der Waals surface area contributed by atoms with E-state index >= 15 is 0 Å². The highest BCUT2D eigenvalue weighted by atomic mass is 14.7. The van der Waals surface area contributed by atoms with Gasteiger partial charge in [-0.1, -0.05) is 39.8 Å². The second kappa shape index (κ2) is 4.40. The number of hydrogen-bond acceptors (Lipinski definition) is 1. The van der Waals surface area contributed by atoms with Crippen molar-refractivity contribution in [2.45, 2.75) is 40.0 Å². The third kappa shape index (κ3) is 2.04. The van der Waals surface area contributed by atoms with E-state index in [1.165, 1.54) is 22.6 Å². The maximum atomic E-state index is 4.53. The number of aromatic nitrogens is 1. The summed E-state index contributed by atoms with van der Waals surface area (Å²) in [6, 6.07) is 2.30. The zero-order chi connectivity index (χ0) is 11.7. The van der Waals surface area contributed by atoms with Gasteiger partial charge in [0, 0.05) is 6.20 Å². The summed E-state index contributed by atoms with van der Waals surface area (Å²) in [6.07, 6.45) is 8.10. The average Bonchev–Trinajstić information content (AvgIpc) is 3.05. The van der Waals surface area contributed by atoms with Gasteiger partial charge in [-0.3, -0.25) is 4.98 Å². The molecule has 1 heterocycles. The van der Waals surface area contributed by atoms with Gasteiger partial charge in [0.2, 0.25) is 0 Å². The normalized spacial score (nSPS) is 24.3. The summed E-state index contributed by atoms with van der Waals surface area (Å²) in [4.78, 5) is 4.53. The lowest BCUT2D eigenvalue weighted by Gasteiger charge is -2.05. The first-order valence-corrected chi connectivity index (χ1v) is 6.44. The first-order chi connectivity index (χ1) is 7.74. The first kappa shape index (κ1) is 11.4. The minimum Gasteiger partial charge on any atom is -0.256 e. The van der Waals surface area contributed by atoms with Gasteiger partial charge >= 0.3 is 0 Å². The lowest BCUT2D eigenvalue weighted by Crippen LogP contribution is -2.31. The van der Waals surface area contributed by atoms with Crippen molar-refractivity contribution in [3.63, 3.8) is 0 Å². The Labute approximate surface area is 97.9 Å². The van der Waals surface area contributed by atoms with Crippen LogP contribution in [0.4, 0.5) is 0 Å². The van der Waals surface area contributed by atoms with Crippen molar-refractivity contribution in [2.75, 3.05) is 0 Å². The van der Waals surface area contributed by atoms with Gasteiger partial charge in [-0.25, -0.2) is 0 Å². The zero-order valence-corrected chi connectivity index (χ0v) is 10.7. The number of hydrogen-bond donors (Lipinski definition) is 0. The topological polar surface area (TPSA) is 12.9 Å². The van der Waals surface area contributed by atoms with Crippen LogP contribution in [-0.4, -0.2) is 4.98 Å². The summed E-state index contributed by atoms with van der Waals surface area (Å²) < 4.78 is 0. The molecule has 1 fully saturated rings. The Morgan fingerprint density at radius 3 is 2.56 bits per heavy atom. The molecule has 0 amide bonds. The highest BCUT2D eigenvalue weighted by molar-refractivity contribution is 5.48. The van der Waals surface area contributed by atoms with Crippen LogP contribution in [0, 0.1) is 11.8 Å². The molecular formula is C15H21N. The molecule has 86 valence electrons. The molecule has 0 aromatic carbocycles. The fourth-order valence-corrected chi connectivity index (χ4v) is 2.15. The molecule has 16 heavy (non-hydrogen) atoms. The van der Waals surface area contributed by atoms with E-state index in [9.17, 15) is 0 Å². The summed E-state index contributed by atoms with van der Waals surface area (Å²) in [5.74, 6) is 2.21. The molecule has 1 saturated carbocycles. The standard InChI is InChI=1S/C13H15N.C2H6/c1-8(2)12-5-11-4-9-3-10(9)6-13(11)14-7-12;1-2/h4-10H,3H2,1-2H3;1-2H3. The second-order valence-electron chi connectivity index (χ2n) is 4.79. The molecule has 0 bridgehead atoms. The van der Waals surface area contributed by atoms with Crippen LogP contribution in [0.3, 0.4) is 0 Å². The van der Waals surface area contributed by atoms with E-state index in [2.05, 4.69) is 37.0 Å². The Balaban J connectivity index is 0.000000457. The molecule has 0 radical (unpaired) electrons. The molecule has 1 nitrogen and oxygen atoms in total. The first-order valence-electron chi connectivity index (χ1n) is 6.44. The van der Waals surface area contributed by atoms with Crippen molar-refractivity contribution in [1.82, 2.24) is 4.98 Å². The molecule has 1 heteroatoms. The molecule has 3 rings (SSSR count). The fourth-order valence-electron chi connectivity index (χ4n) is 2.15. The minimum absolute atomic E-state index is 0.582. The molecule has 1 aromatic heterocycles. The number of nitrogens with zero attached hydrogens (tertiary/aromatic N) is 1. The van der Waals surface area contributed by atoms with Gasteiger partial charge in [-0.05, 0) is 41.0 Å². The Bertz CT molecular complexity index is 485. The second-order valence-corrected chi connectivity index (χ2v) is 4.79. The fraction of sp³-hybridized carbons (Fsp3) is 0.533. The average molecular weight is 215 g/mol. The van der Waals surface area contributed by atoms with Crippen molar-refractivity contribution >= 4 is 12.2 Å². The molecule has 0 N–H and O–H groups in total. The largest absolute Gasteiger partial charge is 0.256 e. The Hall–Kier alpha value is -1.11. The van der Waals surface area contributed by atoms with Crippen molar-refractivity contribution in [3.8, 4) is 0 Å². The van der Waals surface area contributed by atoms with Crippen LogP contribution in [0.1, 0.15) is 45.6 Å². The molecular weight excluding hydrogens is 194 g/mol. The molecule has 0 saturated heterocycles. The van der Waals surface area contributed by atoms with Crippen LogP contribution in [0.2, 0.25) is 0 Å².